The normalized spacial score (nSPS) is 27.3. The molecule has 1 heterocycles. The molecule has 1 aromatic carbocycles. The summed E-state index contributed by atoms with van der Waals surface area (Å²) in [6.07, 6.45) is 12.6. The average Bonchev–Trinajstić information content (AvgIpc) is 3.17. The van der Waals surface area contributed by atoms with E-state index in [1.54, 1.807) is 10.9 Å². The molecule has 0 aliphatic heterocycles. The van der Waals surface area contributed by atoms with Gasteiger partial charge in [-0.05, 0) is 42.7 Å². The van der Waals surface area contributed by atoms with Crippen LogP contribution in [0.5, 0.6) is 0 Å². The molecular weight excluding hydrogens is 310 g/mol. The standard InChI is InChI=1S/C21H27N3O/c25-21(23-19-12-11-16-7-4-5-10-18(16)15-19)20(24-14-6-13-22-24)17-8-2-1-3-9-17/h1-3,6,8-9,13-14,16,18-20H,4-5,7,10-12,15H2,(H,23,25)/t16-,18-,19+,20-/m0/s1. The summed E-state index contributed by atoms with van der Waals surface area (Å²) in [5.41, 5.74) is 0.982. The van der Waals surface area contributed by atoms with Gasteiger partial charge in [0, 0.05) is 18.4 Å². The fourth-order valence-corrected chi connectivity index (χ4v) is 4.78. The highest BCUT2D eigenvalue weighted by molar-refractivity contribution is 5.83. The Morgan fingerprint density at radius 2 is 1.84 bits per heavy atom. The van der Waals surface area contributed by atoms with Crippen LogP contribution < -0.4 is 5.32 Å². The molecule has 4 heteroatoms. The molecule has 2 aliphatic rings. The second-order valence-corrected chi connectivity index (χ2v) is 7.62. The van der Waals surface area contributed by atoms with Crippen molar-refractivity contribution in [2.45, 2.75) is 57.0 Å². The third-order valence-corrected chi connectivity index (χ3v) is 6.04. The van der Waals surface area contributed by atoms with Crippen molar-refractivity contribution in [3.8, 4) is 0 Å². The first-order valence-corrected chi connectivity index (χ1v) is 9.65. The highest BCUT2D eigenvalue weighted by Gasteiger charge is 2.34. The number of hydrogen-bond donors (Lipinski definition) is 1. The molecule has 4 atom stereocenters. The summed E-state index contributed by atoms with van der Waals surface area (Å²) in [5, 5.41) is 7.67. The van der Waals surface area contributed by atoms with Crippen molar-refractivity contribution < 1.29 is 4.79 Å². The molecule has 0 spiro atoms. The van der Waals surface area contributed by atoms with Gasteiger partial charge in [0.05, 0.1) is 0 Å². The van der Waals surface area contributed by atoms with Crippen molar-refractivity contribution in [3.05, 3.63) is 54.4 Å². The minimum Gasteiger partial charge on any atom is -0.351 e. The molecule has 2 fully saturated rings. The summed E-state index contributed by atoms with van der Waals surface area (Å²) < 4.78 is 1.76. The Kier molecular flexibility index (Phi) is 4.86. The number of rotatable bonds is 4. The zero-order valence-corrected chi connectivity index (χ0v) is 14.7. The number of fused-ring (bicyclic) bond motifs is 1. The summed E-state index contributed by atoms with van der Waals surface area (Å²) in [5.74, 6) is 1.78. The second-order valence-electron chi connectivity index (χ2n) is 7.62. The lowest BCUT2D eigenvalue weighted by Gasteiger charge is -2.39. The van der Waals surface area contributed by atoms with Gasteiger partial charge in [0.2, 0.25) is 5.91 Å². The quantitative estimate of drug-likeness (QED) is 0.918. The van der Waals surface area contributed by atoms with Crippen LogP contribution in [0, 0.1) is 11.8 Å². The fraction of sp³-hybridized carbons (Fsp3) is 0.524. The predicted octanol–water partition coefficient (Wildman–Crippen LogP) is 3.95. The molecule has 2 aliphatic carbocycles. The smallest absolute Gasteiger partial charge is 0.249 e. The highest BCUT2D eigenvalue weighted by atomic mass is 16.2. The van der Waals surface area contributed by atoms with Crippen LogP contribution in [-0.4, -0.2) is 21.7 Å². The van der Waals surface area contributed by atoms with Gasteiger partial charge in [0.15, 0.2) is 6.04 Å². The van der Waals surface area contributed by atoms with Crippen LogP contribution in [0.1, 0.15) is 56.6 Å². The number of benzene rings is 1. The summed E-state index contributed by atoms with van der Waals surface area (Å²) in [6, 6.07) is 11.7. The largest absolute Gasteiger partial charge is 0.351 e. The molecule has 0 radical (unpaired) electrons. The molecule has 2 saturated carbocycles. The van der Waals surface area contributed by atoms with Crippen LogP contribution in [0.25, 0.3) is 0 Å². The Morgan fingerprint density at radius 3 is 2.60 bits per heavy atom. The summed E-state index contributed by atoms with van der Waals surface area (Å²) in [7, 11) is 0. The number of nitrogens with zero attached hydrogens (tertiary/aromatic N) is 2. The maximum Gasteiger partial charge on any atom is 0.249 e. The lowest BCUT2D eigenvalue weighted by molar-refractivity contribution is -0.124. The van der Waals surface area contributed by atoms with Gasteiger partial charge in [-0.1, -0.05) is 56.0 Å². The van der Waals surface area contributed by atoms with Crippen molar-refractivity contribution in [2.24, 2.45) is 11.8 Å². The SMILES string of the molecule is O=C(N[C@@H]1CC[C@@H]2CCCC[C@H]2C1)[C@H](c1ccccc1)n1cccn1. The molecule has 0 saturated heterocycles. The number of hydrogen-bond acceptors (Lipinski definition) is 2. The molecule has 1 aromatic heterocycles. The van der Waals surface area contributed by atoms with Gasteiger partial charge in [-0.15, -0.1) is 0 Å². The van der Waals surface area contributed by atoms with Crippen LogP contribution in [-0.2, 0) is 4.79 Å². The Bertz CT molecular complexity index is 682. The van der Waals surface area contributed by atoms with E-state index in [1.165, 1.54) is 32.1 Å². The lowest BCUT2D eigenvalue weighted by Crippen LogP contribution is -2.44. The number of carbonyl (C=O) groups is 1. The van der Waals surface area contributed by atoms with Gasteiger partial charge < -0.3 is 5.32 Å². The van der Waals surface area contributed by atoms with Gasteiger partial charge in [0.1, 0.15) is 0 Å². The zero-order chi connectivity index (χ0) is 17.1. The third-order valence-electron chi connectivity index (χ3n) is 6.04. The third kappa shape index (κ3) is 3.63. The van der Waals surface area contributed by atoms with E-state index in [4.69, 9.17) is 0 Å². The van der Waals surface area contributed by atoms with Crippen molar-refractivity contribution in [3.63, 3.8) is 0 Å². The van der Waals surface area contributed by atoms with Crippen molar-refractivity contribution in [2.75, 3.05) is 0 Å². The van der Waals surface area contributed by atoms with E-state index in [-0.39, 0.29) is 11.9 Å². The molecule has 4 rings (SSSR count). The van der Waals surface area contributed by atoms with Crippen LogP contribution in [0.3, 0.4) is 0 Å². The molecular formula is C21H27N3O. The van der Waals surface area contributed by atoms with E-state index in [0.29, 0.717) is 6.04 Å². The molecule has 1 N–H and O–H groups in total. The Balaban J connectivity index is 1.48. The molecule has 0 bridgehead atoms. The van der Waals surface area contributed by atoms with Crippen molar-refractivity contribution >= 4 is 5.91 Å². The molecule has 2 aromatic rings. The van der Waals surface area contributed by atoms with E-state index in [0.717, 1.165) is 30.2 Å². The fourth-order valence-electron chi connectivity index (χ4n) is 4.78. The van der Waals surface area contributed by atoms with E-state index < -0.39 is 0 Å². The first kappa shape index (κ1) is 16.4. The van der Waals surface area contributed by atoms with E-state index >= 15 is 0 Å². The number of amides is 1. The number of nitrogens with one attached hydrogen (secondary N) is 1. The molecule has 132 valence electrons. The van der Waals surface area contributed by atoms with Gasteiger partial charge >= 0.3 is 0 Å². The van der Waals surface area contributed by atoms with Gasteiger partial charge in [-0.25, -0.2) is 0 Å². The van der Waals surface area contributed by atoms with Crippen molar-refractivity contribution in [1.29, 1.82) is 0 Å². The lowest BCUT2D eigenvalue weighted by atomic mass is 9.69. The molecule has 25 heavy (non-hydrogen) atoms. The average molecular weight is 337 g/mol. The first-order valence-electron chi connectivity index (χ1n) is 9.65. The minimum atomic E-state index is -0.389. The minimum absolute atomic E-state index is 0.0640. The topological polar surface area (TPSA) is 46.9 Å². The van der Waals surface area contributed by atoms with Gasteiger partial charge in [0.25, 0.3) is 0 Å². The van der Waals surface area contributed by atoms with Crippen LogP contribution in [0.15, 0.2) is 48.8 Å². The van der Waals surface area contributed by atoms with Crippen LogP contribution in [0.2, 0.25) is 0 Å². The summed E-state index contributed by atoms with van der Waals surface area (Å²) in [4.78, 5) is 13.1. The highest BCUT2D eigenvalue weighted by Crippen LogP contribution is 2.40. The van der Waals surface area contributed by atoms with E-state index in [9.17, 15) is 4.79 Å². The van der Waals surface area contributed by atoms with E-state index in [1.807, 2.05) is 42.6 Å². The van der Waals surface area contributed by atoms with Crippen LogP contribution >= 0.6 is 0 Å². The molecule has 0 unspecified atom stereocenters. The first-order chi connectivity index (χ1) is 12.3. The summed E-state index contributed by atoms with van der Waals surface area (Å²) in [6.45, 7) is 0. The van der Waals surface area contributed by atoms with E-state index in [2.05, 4.69) is 10.4 Å². The maximum atomic E-state index is 13.1. The van der Waals surface area contributed by atoms with Gasteiger partial charge in [-0.2, -0.15) is 5.10 Å². The van der Waals surface area contributed by atoms with Crippen LogP contribution in [0.4, 0.5) is 0 Å². The molecule has 1 amide bonds. The number of carbonyl (C=O) groups excluding carboxylic acids is 1. The second kappa shape index (κ2) is 7.42. The monoisotopic (exact) mass is 337 g/mol. The zero-order valence-electron chi connectivity index (χ0n) is 14.7. The molecule has 4 nitrogen and oxygen atoms in total. The van der Waals surface area contributed by atoms with Crippen molar-refractivity contribution in [1.82, 2.24) is 15.1 Å². The predicted molar refractivity (Wildman–Crippen MR) is 98.0 cm³/mol. The Morgan fingerprint density at radius 1 is 1.04 bits per heavy atom. The Hall–Kier alpha value is -2.10. The Labute approximate surface area is 149 Å². The van der Waals surface area contributed by atoms with Gasteiger partial charge in [-0.3, -0.25) is 9.48 Å². The summed E-state index contributed by atoms with van der Waals surface area (Å²) >= 11 is 0. The maximum absolute atomic E-state index is 13.1. The number of aromatic nitrogens is 2.